The van der Waals surface area contributed by atoms with Gasteiger partial charge in [0.2, 0.25) is 5.91 Å². The summed E-state index contributed by atoms with van der Waals surface area (Å²) in [4.78, 5) is 11.3. The minimum atomic E-state index is -0.455. The van der Waals surface area contributed by atoms with Crippen molar-refractivity contribution in [3.63, 3.8) is 0 Å². The molecule has 132 valence electrons. The molecule has 3 N–H and O–H groups in total. The first-order valence-electron chi connectivity index (χ1n) is 8.57. The monoisotopic (exact) mass is 346 g/mol. The van der Waals surface area contributed by atoms with Gasteiger partial charge in [-0.25, -0.2) is 0 Å². The highest BCUT2D eigenvalue weighted by Gasteiger charge is 2.07. The summed E-state index contributed by atoms with van der Waals surface area (Å²) >= 11 is 0. The van der Waals surface area contributed by atoms with Crippen LogP contribution in [0.1, 0.15) is 34.3 Å². The Bertz CT molecular complexity index is 889. The number of carbonyl (C=O) groups is 1. The number of nitrogens with one attached hydrogen (secondary N) is 1. The van der Waals surface area contributed by atoms with Gasteiger partial charge in [0.15, 0.2) is 0 Å². The number of carbonyl (C=O) groups excluding carboxylic acids is 1. The number of benzene rings is 2. The molecule has 0 spiro atoms. The molecule has 5 nitrogen and oxygen atoms in total. The molecule has 0 aliphatic carbocycles. The Morgan fingerprint density at radius 2 is 1.85 bits per heavy atom. The molecule has 0 fully saturated rings. The minimum Gasteiger partial charge on any atom is -0.368 e. The second kappa shape index (κ2) is 7.78. The molecule has 1 amide bonds. The third-order valence-corrected chi connectivity index (χ3v) is 4.34. The molecular formula is C21H22N4O. The van der Waals surface area contributed by atoms with Crippen LogP contribution in [0.4, 0.5) is 5.82 Å². The van der Waals surface area contributed by atoms with Crippen molar-refractivity contribution in [2.45, 2.75) is 19.8 Å². The number of primary amides is 1. The molecule has 26 heavy (non-hydrogen) atoms. The third-order valence-electron chi connectivity index (χ3n) is 4.34. The lowest BCUT2D eigenvalue weighted by Gasteiger charge is -2.13. The Morgan fingerprint density at radius 3 is 2.50 bits per heavy atom. The Kier molecular flexibility index (Phi) is 5.27. The van der Waals surface area contributed by atoms with Crippen LogP contribution < -0.4 is 11.1 Å². The standard InChI is InChI=1S/C21H22N4O/c1-14-6-8-16(9-7-14)15(2)13-23-20-11-10-19(24-25-20)17-4-3-5-18(12-17)21(22)26/h3-12,15H,13H2,1-2H3,(H2,22,26)(H,23,25)/t15-/m1/s1. The van der Waals surface area contributed by atoms with E-state index in [1.807, 2.05) is 18.2 Å². The molecule has 0 bridgehead atoms. The van der Waals surface area contributed by atoms with Crippen molar-refractivity contribution in [2.24, 2.45) is 5.73 Å². The van der Waals surface area contributed by atoms with Gasteiger partial charge in [0, 0.05) is 17.7 Å². The average molecular weight is 346 g/mol. The Morgan fingerprint density at radius 1 is 1.08 bits per heavy atom. The molecule has 0 saturated heterocycles. The highest BCUT2D eigenvalue weighted by atomic mass is 16.1. The van der Waals surface area contributed by atoms with Crippen molar-refractivity contribution >= 4 is 11.7 Å². The van der Waals surface area contributed by atoms with Gasteiger partial charge in [-0.2, -0.15) is 0 Å². The largest absolute Gasteiger partial charge is 0.368 e. The molecule has 3 rings (SSSR count). The van der Waals surface area contributed by atoms with Gasteiger partial charge in [-0.05, 0) is 42.7 Å². The van der Waals surface area contributed by atoms with Crippen LogP contribution in [-0.4, -0.2) is 22.6 Å². The van der Waals surface area contributed by atoms with E-state index in [9.17, 15) is 4.79 Å². The van der Waals surface area contributed by atoms with Crippen molar-refractivity contribution in [3.8, 4) is 11.3 Å². The summed E-state index contributed by atoms with van der Waals surface area (Å²) < 4.78 is 0. The minimum absolute atomic E-state index is 0.365. The van der Waals surface area contributed by atoms with E-state index in [1.165, 1.54) is 11.1 Å². The van der Waals surface area contributed by atoms with E-state index < -0.39 is 5.91 Å². The van der Waals surface area contributed by atoms with Crippen molar-refractivity contribution in [1.82, 2.24) is 10.2 Å². The Labute approximate surface area is 153 Å². The predicted molar refractivity (Wildman–Crippen MR) is 104 cm³/mol. The van der Waals surface area contributed by atoms with Crippen LogP contribution in [0.15, 0.2) is 60.7 Å². The number of hydrogen-bond acceptors (Lipinski definition) is 4. The van der Waals surface area contributed by atoms with Crippen LogP contribution in [0, 0.1) is 6.92 Å². The van der Waals surface area contributed by atoms with E-state index in [1.54, 1.807) is 18.2 Å². The van der Waals surface area contributed by atoms with Gasteiger partial charge in [0.1, 0.15) is 5.82 Å². The molecule has 5 heteroatoms. The number of anilines is 1. The number of rotatable bonds is 6. The van der Waals surface area contributed by atoms with Crippen LogP contribution in [-0.2, 0) is 0 Å². The van der Waals surface area contributed by atoms with Crippen LogP contribution in [0.5, 0.6) is 0 Å². The second-order valence-electron chi connectivity index (χ2n) is 6.44. The first-order valence-corrected chi connectivity index (χ1v) is 8.57. The van der Waals surface area contributed by atoms with Crippen molar-refractivity contribution in [2.75, 3.05) is 11.9 Å². The maximum Gasteiger partial charge on any atom is 0.248 e. The molecule has 0 saturated carbocycles. The van der Waals surface area contributed by atoms with Gasteiger partial charge in [0.25, 0.3) is 0 Å². The zero-order chi connectivity index (χ0) is 18.5. The lowest BCUT2D eigenvalue weighted by atomic mass is 10.00. The molecule has 1 atom stereocenters. The predicted octanol–water partition coefficient (Wildman–Crippen LogP) is 3.77. The van der Waals surface area contributed by atoms with Gasteiger partial charge in [0.05, 0.1) is 5.69 Å². The first-order chi connectivity index (χ1) is 12.5. The number of nitrogens with zero attached hydrogens (tertiary/aromatic N) is 2. The van der Waals surface area contributed by atoms with Crippen LogP contribution in [0.2, 0.25) is 0 Å². The van der Waals surface area contributed by atoms with Gasteiger partial charge in [-0.3, -0.25) is 4.79 Å². The maximum absolute atomic E-state index is 11.3. The summed E-state index contributed by atoms with van der Waals surface area (Å²) in [6.45, 7) is 5.03. The lowest BCUT2D eigenvalue weighted by molar-refractivity contribution is 0.100. The molecule has 3 aromatic rings. The zero-order valence-corrected chi connectivity index (χ0v) is 14.9. The van der Waals surface area contributed by atoms with E-state index in [-0.39, 0.29) is 0 Å². The van der Waals surface area contributed by atoms with Gasteiger partial charge >= 0.3 is 0 Å². The second-order valence-corrected chi connectivity index (χ2v) is 6.44. The highest BCUT2D eigenvalue weighted by molar-refractivity contribution is 5.93. The maximum atomic E-state index is 11.3. The zero-order valence-electron chi connectivity index (χ0n) is 14.9. The third kappa shape index (κ3) is 4.25. The van der Waals surface area contributed by atoms with Gasteiger partial charge in [-0.15, -0.1) is 10.2 Å². The molecule has 1 aromatic heterocycles. The molecule has 0 unspecified atom stereocenters. The summed E-state index contributed by atoms with van der Waals surface area (Å²) in [6.07, 6.45) is 0. The number of aryl methyl sites for hydroxylation is 1. The SMILES string of the molecule is Cc1ccc([C@H](C)CNc2ccc(-c3cccc(C(N)=O)c3)nn2)cc1. The fraction of sp³-hybridized carbons (Fsp3) is 0.190. The van der Waals surface area contributed by atoms with E-state index in [2.05, 4.69) is 53.6 Å². The van der Waals surface area contributed by atoms with Gasteiger partial charge in [-0.1, -0.05) is 48.9 Å². The lowest BCUT2D eigenvalue weighted by Crippen LogP contribution is -2.11. The van der Waals surface area contributed by atoms with E-state index in [4.69, 9.17) is 5.73 Å². The summed E-state index contributed by atoms with van der Waals surface area (Å²) in [6, 6.07) is 19.4. The summed E-state index contributed by atoms with van der Waals surface area (Å²) in [5, 5.41) is 11.8. The molecule has 1 heterocycles. The molecular weight excluding hydrogens is 324 g/mol. The average Bonchev–Trinajstić information content (AvgIpc) is 2.67. The number of amides is 1. The quantitative estimate of drug-likeness (QED) is 0.712. The van der Waals surface area contributed by atoms with E-state index in [0.717, 1.165) is 17.9 Å². The molecule has 0 aliphatic rings. The summed E-state index contributed by atoms with van der Waals surface area (Å²) in [5.74, 6) is 0.631. The normalized spacial score (nSPS) is 11.8. The highest BCUT2D eigenvalue weighted by Crippen LogP contribution is 2.20. The molecule has 0 radical (unpaired) electrons. The van der Waals surface area contributed by atoms with E-state index in [0.29, 0.717) is 17.2 Å². The first kappa shape index (κ1) is 17.6. The fourth-order valence-electron chi connectivity index (χ4n) is 2.68. The summed E-state index contributed by atoms with van der Waals surface area (Å²) in [7, 11) is 0. The fourth-order valence-corrected chi connectivity index (χ4v) is 2.68. The Hall–Kier alpha value is -3.21. The van der Waals surface area contributed by atoms with Crippen LogP contribution in [0.3, 0.4) is 0 Å². The topological polar surface area (TPSA) is 80.9 Å². The van der Waals surface area contributed by atoms with Gasteiger partial charge < -0.3 is 11.1 Å². The number of aromatic nitrogens is 2. The summed E-state index contributed by atoms with van der Waals surface area (Å²) in [5.41, 5.74) is 9.84. The molecule has 0 aliphatic heterocycles. The van der Waals surface area contributed by atoms with Crippen LogP contribution >= 0.6 is 0 Å². The number of hydrogen-bond donors (Lipinski definition) is 2. The van der Waals surface area contributed by atoms with E-state index >= 15 is 0 Å². The van der Waals surface area contributed by atoms with Crippen molar-refractivity contribution in [1.29, 1.82) is 0 Å². The van der Waals surface area contributed by atoms with Crippen molar-refractivity contribution in [3.05, 3.63) is 77.4 Å². The molecule has 2 aromatic carbocycles. The van der Waals surface area contributed by atoms with Crippen molar-refractivity contribution < 1.29 is 4.79 Å². The Balaban J connectivity index is 1.65. The number of nitrogens with two attached hydrogens (primary N) is 1. The smallest absolute Gasteiger partial charge is 0.248 e. The van der Waals surface area contributed by atoms with Crippen LogP contribution in [0.25, 0.3) is 11.3 Å².